The largest absolute Gasteiger partial charge is 0.518 e. The van der Waals surface area contributed by atoms with Crippen LogP contribution >= 0.6 is 0 Å². The summed E-state index contributed by atoms with van der Waals surface area (Å²) in [5, 5.41) is 0. The average molecular weight is 417 g/mol. The molecule has 0 heterocycles. The van der Waals surface area contributed by atoms with E-state index in [1.807, 2.05) is 0 Å². The molecule has 0 N–H and O–H groups in total. The van der Waals surface area contributed by atoms with Crippen LogP contribution in [0.3, 0.4) is 0 Å². The fourth-order valence-electron chi connectivity index (χ4n) is 6.30. The fourth-order valence-corrected chi connectivity index (χ4v) is 14.4. The first-order valence-electron chi connectivity index (χ1n) is 10.5. The van der Waals surface area contributed by atoms with Crippen molar-refractivity contribution in [2.75, 3.05) is 21.3 Å². The third-order valence-corrected chi connectivity index (χ3v) is 16.7. The standard InChI is InChI=1S/C20H40O5Si2/c1-13(2)26(14(3)4,15(5)6)25-20(21)18-11-17-10-16(18)12-19(17)27(22-7,23-8)24-9/h13-19H,10-12H2,1-9H3. The summed E-state index contributed by atoms with van der Waals surface area (Å²) in [5.74, 6) is 0.903. The van der Waals surface area contributed by atoms with Crippen molar-refractivity contribution in [2.24, 2.45) is 17.8 Å². The summed E-state index contributed by atoms with van der Waals surface area (Å²) >= 11 is 0. The van der Waals surface area contributed by atoms with Crippen molar-refractivity contribution in [1.82, 2.24) is 0 Å². The molecule has 0 radical (unpaired) electrons. The van der Waals surface area contributed by atoms with Gasteiger partial charge in [0, 0.05) is 26.9 Å². The predicted molar refractivity (Wildman–Crippen MR) is 112 cm³/mol. The molecular weight excluding hydrogens is 376 g/mol. The summed E-state index contributed by atoms with van der Waals surface area (Å²) in [6.07, 6.45) is 2.90. The molecule has 2 saturated carbocycles. The highest BCUT2D eigenvalue weighted by Gasteiger charge is 2.61. The van der Waals surface area contributed by atoms with Crippen LogP contribution in [0.25, 0.3) is 0 Å². The summed E-state index contributed by atoms with van der Waals surface area (Å²) < 4.78 is 23.7. The van der Waals surface area contributed by atoms with Gasteiger partial charge in [0.25, 0.3) is 14.3 Å². The quantitative estimate of drug-likeness (QED) is 0.495. The lowest BCUT2D eigenvalue weighted by Crippen LogP contribution is -2.52. The first-order valence-corrected chi connectivity index (χ1v) is 14.4. The number of carbonyl (C=O) groups is 1. The Morgan fingerprint density at radius 3 is 1.59 bits per heavy atom. The van der Waals surface area contributed by atoms with Gasteiger partial charge in [0.05, 0.1) is 5.92 Å². The Hall–Kier alpha value is -0.216. The van der Waals surface area contributed by atoms with E-state index in [9.17, 15) is 4.79 Å². The molecule has 158 valence electrons. The van der Waals surface area contributed by atoms with Crippen LogP contribution in [-0.4, -0.2) is 44.4 Å². The van der Waals surface area contributed by atoms with Gasteiger partial charge in [-0.3, -0.25) is 4.79 Å². The molecular formula is C20H40O5Si2. The van der Waals surface area contributed by atoms with E-state index in [-0.39, 0.29) is 11.9 Å². The van der Waals surface area contributed by atoms with Crippen LogP contribution in [0.1, 0.15) is 60.8 Å². The lowest BCUT2D eigenvalue weighted by molar-refractivity contribution is -0.142. The molecule has 2 rings (SSSR count). The summed E-state index contributed by atoms with van der Waals surface area (Å²) in [7, 11) is 0.235. The van der Waals surface area contributed by atoms with Crippen molar-refractivity contribution in [3.8, 4) is 0 Å². The molecule has 0 aromatic heterocycles. The van der Waals surface area contributed by atoms with Gasteiger partial charge in [-0.05, 0) is 47.7 Å². The van der Waals surface area contributed by atoms with Gasteiger partial charge in [0.2, 0.25) is 0 Å². The zero-order valence-corrected chi connectivity index (χ0v) is 20.7. The predicted octanol–water partition coefficient (Wildman–Crippen LogP) is 5.00. The van der Waals surface area contributed by atoms with Gasteiger partial charge < -0.3 is 17.7 Å². The second-order valence-corrected chi connectivity index (χ2v) is 17.9. The van der Waals surface area contributed by atoms with Gasteiger partial charge in [-0.25, -0.2) is 0 Å². The van der Waals surface area contributed by atoms with E-state index in [0.29, 0.717) is 34.0 Å². The van der Waals surface area contributed by atoms with Crippen LogP contribution in [0.5, 0.6) is 0 Å². The molecule has 5 nitrogen and oxygen atoms in total. The van der Waals surface area contributed by atoms with Crippen LogP contribution in [0, 0.1) is 17.8 Å². The maximum atomic E-state index is 13.3. The van der Waals surface area contributed by atoms with Gasteiger partial charge in [-0.15, -0.1) is 0 Å². The molecule has 0 spiro atoms. The van der Waals surface area contributed by atoms with Gasteiger partial charge >= 0.3 is 8.80 Å². The maximum absolute atomic E-state index is 13.3. The molecule has 2 aliphatic rings. The Balaban J connectivity index is 2.14. The minimum atomic E-state index is -2.65. The van der Waals surface area contributed by atoms with E-state index < -0.39 is 17.1 Å². The second kappa shape index (κ2) is 8.65. The molecule has 0 amide bonds. The Morgan fingerprint density at radius 2 is 1.26 bits per heavy atom. The summed E-state index contributed by atoms with van der Waals surface area (Å²) in [4.78, 5) is 13.3. The first-order chi connectivity index (χ1) is 12.6. The topological polar surface area (TPSA) is 54.0 Å². The van der Waals surface area contributed by atoms with Crippen molar-refractivity contribution in [3.05, 3.63) is 0 Å². The van der Waals surface area contributed by atoms with Gasteiger partial charge in [0.15, 0.2) is 0 Å². The number of carbonyl (C=O) groups excluding carboxylic acids is 1. The average Bonchev–Trinajstić information content (AvgIpc) is 3.21. The lowest BCUT2D eigenvalue weighted by atomic mass is 9.89. The Labute approximate surface area is 168 Å². The number of hydrogen-bond acceptors (Lipinski definition) is 5. The van der Waals surface area contributed by atoms with Crippen LogP contribution in [0.15, 0.2) is 0 Å². The van der Waals surface area contributed by atoms with Crippen molar-refractivity contribution in [1.29, 1.82) is 0 Å². The van der Waals surface area contributed by atoms with E-state index in [1.54, 1.807) is 21.3 Å². The molecule has 0 aromatic rings. The number of rotatable bonds is 9. The van der Waals surface area contributed by atoms with E-state index in [2.05, 4.69) is 41.5 Å². The van der Waals surface area contributed by atoms with Crippen molar-refractivity contribution < 1.29 is 22.5 Å². The molecule has 0 saturated heterocycles. The number of hydrogen-bond donors (Lipinski definition) is 0. The van der Waals surface area contributed by atoms with E-state index in [0.717, 1.165) is 19.3 Å². The van der Waals surface area contributed by atoms with E-state index in [4.69, 9.17) is 17.7 Å². The third kappa shape index (κ3) is 3.82. The van der Waals surface area contributed by atoms with Crippen molar-refractivity contribution in [2.45, 2.75) is 83.0 Å². The van der Waals surface area contributed by atoms with Crippen LogP contribution < -0.4 is 0 Å². The highest BCUT2D eigenvalue weighted by molar-refractivity contribution is 6.78. The minimum Gasteiger partial charge on any atom is -0.518 e. The van der Waals surface area contributed by atoms with E-state index >= 15 is 0 Å². The van der Waals surface area contributed by atoms with Crippen LogP contribution in [0.4, 0.5) is 0 Å². The Bertz CT molecular complexity index is 488. The monoisotopic (exact) mass is 416 g/mol. The first kappa shape index (κ1) is 23.1. The molecule has 7 heteroatoms. The molecule has 4 unspecified atom stereocenters. The molecule has 4 atom stereocenters. The maximum Gasteiger partial charge on any atom is 0.503 e. The summed E-state index contributed by atoms with van der Waals surface area (Å²) in [5.41, 5.74) is 1.56. The van der Waals surface area contributed by atoms with Crippen LogP contribution in [-0.2, 0) is 22.5 Å². The normalized spacial score (nSPS) is 28.6. The molecule has 2 aliphatic carbocycles. The van der Waals surface area contributed by atoms with Gasteiger partial charge in [0.1, 0.15) is 0 Å². The fraction of sp³-hybridized carbons (Fsp3) is 0.950. The third-order valence-electron chi connectivity index (χ3n) is 7.45. The van der Waals surface area contributed by atoms with Gasteiger partial charge in [-0.2, -0.15) is 0 Å². The van der Waals surface area contributed by atoms with Crippen molar-refractivity contribution >= 4 is 23.1 Å². The zero-order valence-electron chi connectivity index (χ0n) is 18.7. The van der Waals surface area contributed by atoms with Gasteiger partial charge in [-0.1, -0.05) is 41.5 Å². The van der Waals surface area contributed by atoms with Crippen LogP contribution in [0.2, 0.25) is 22.2 Å². The molecule has 2 fully saturated rings. The highest BCUT2D eigenvalue weighted by atomic mass is 28.4. The molecule has 27 heavy (non-hydrogen) atoms. The SMILES string of the molecule is CO[Si](OC)(OC)C1CC2CC1CC2C(=O)O[Si](C(C)C)(C(C)C)C(C)C. The number of fused-ring (bicyclic) bond motifs is 2. The lowest BCUT2D eigenvalue weighted by Gasteiger charge is -2.43. The minimum absolute atomic E-state index is 0.0339. The highest BCUT2D eigenvalue weighted by Crippen LogP contribution is 2.59. The summed E-state index contributed by atoms with van der Waals surface area (Å²) in [6.45, 7) is 13.4. The van der Waals surface area contributed by atoms with E-state index in [1.165, 1.54) is 0 Å². The molecule has 0 aliphatic heterocycles. The molecule has 2 bridgehead atoms. The Kier molecular flexibility index (Phi) is 7.39. The van der Waals surface area contributed by atoms with Crippen molar-refractivity contribution in [3.63, 3.8) is 0 Å². The second-order valence-electron chi connectivity index (χ2n) is 9.39. The smallest absolute Gasteiger partial charge is 0.503 e. The molecule has 0 aromatic carbocycles. The Morgan fingerprint density at radius 1 is 0.778 bits per heavy atom. The zero-order chi connectivity index (χ0) is 20.6. The summed E-state index contributed by atoms with van der Waals surface area (Å²) in [6, 6.07) is 0.